The Morgan fingerprint density at radius 2 is 1.00 bits per heavy atom. The van der Waals surface area contributed by atoms with Crippen molar-refractivity contribution in [2.75, 3.05) is 0 Å². The number of hydrogen-bond donors (Lipinski definition) is 0. The molecule has 0 unspecified atom stereocenters. The summed E-state index contributed by atoms with van der Waals surface area (Å²) in [5, 5.41) is 2.43. The molecule has 0 amide bonds. The van der Waals surface area contributed by atoms with Crippen molar-refractivity contribution in [3.05, 3.63) is 193 Å². The van der Waals surface area contributed by atoms with Gasteiger partial charge in [0.1, 0.15) is 0 Å². The van der Waals surface area contributed by atoms with E-state index in [4.69, 9.17) is 15.0 Å². The standard InChI is InChI=1S/C50H32N4S/c1-2-13-37(14-3-1)48-52-49(38-25-20-33(21-26-38)40-15-10-30-51-32-40)54-50(53-48)39-27-24-36-23-22-34-11-4-6-16-41(34)43-18-8-9-19-46(43)55-47-42-17-7-5-12-35(42)28-29-44(47)45(36)31-39/h1-32H. The molecule has 5 heteroatoms. The molecule has 9 aromatic rings. The van der Waals surface area contributed by atoms with Gasteiger partial charge in [0, 0.05) is 38.9 Å². The first-order chi connectivity index (χ1) is 27.2. The van der Waals surface area contributed by atoms with Gasteiger partial charge in [0.25, 0.3) is 0 Å². The van der Waals surface area contributed by atoms with Crippen molar-refractivity contribution in [2.45, 2.75) is 9.79 Å². The van der Waals surface area contributed by atoms with E-state index in [-0.39, 0.29) is 0 Å². The van der Waals surface area contributed by atoms with E-state index in [0.29, 0.717) is 17.5 Å². The molecule has 3 heterocycles. The third-order valence-electron chi connectivity index (χ3n) is 10.1. The number of nitrogens with zero attached hydrogens (tertiary/aromatic N) is 4. The lowest BCUT2D eigenvalue weighted by molar-refractivity contribution is 1.07. The maximum atomic E-state index is 5.15. The van der Waals surface area contributed by atoms with Crippen LogP contribution in [0.3, 0.4) is 0 Å². The lowest BCUT2D eigenvalue weighted by atomic mass is 9.93. The van der Waals surface area contributed by atoms with Crippen LogP contribution in [-0.4, -0.2) is 19.9 Å². The van der Waals surface area contributed by atoms with Gasteiger partial charge in [-0.15, -0.1) is 0 Å². The van der Waals surface area contributed by atoms with E-state index >= 15 is 0 Å². The summed E-state index contributed by atoms with van der Waals surface area (Å²) >= 11 is 1.83. The maximum Gasteiger partial charge on any atom is 0.164 e. The highest BCUT2D eigenvalue weighted by Crippen LogP contribution is 2.47. The molecule has 0 saturated heterocycles. The summed E-state index contributed by atoms with van der Waals surface area (Å²) in [4.78, 5) is 22.0. The van der Waals surface area contributed by atoms with Gasteiger partial charge in [0.15, 0.2) is 17.5 Å². The van der Waals surface area contributed by atoms with Gasteiger partial charge in [-0.3, -0.25) is 4.98 Å². The Hall–Kier alpha value is -6.95. The summed E-state index contributed by atoms with van der Waals surface area (Å²) in [5.41, 5.74) is 11.9. The second-order valence-electron chi connectivity index (χ2n) is 13.5. The quantitative estimate of drug-likeness (QED) is 0.181. The third kappa shape index (κ3) is 6.31. The van der Waals surface area contributed by atoms with Crippen LogP contribution < -0.4 is 0 Å². The first-order valence-corrected chi connectivity index (χ1v) is 19.1. The van der Waals surface area contributed by atoms with Crippen LogP contribution in [0.4, 0.5) is 0 Å². The van der Waals surface area contributed by atoms with Crippen molar-refractivity contribution in [3.63, 3.8) is 0 Å². The Morgan fingerprint density at radius 3 is 1.80 bits per heavy atom. The van der Waals surface area contributed by atoms with Crippen LogP contribution >= 0.6 is 11.8 Å². The van der Waals surface area contributed by atoms with Gasteiger partial charge in [-0.25, -0.2) is 15.0 Å². The minimum absolute atomic E-state index is 0.618. The smallest absolute Gasteiger partial charge is 0.164 e. The van der Waals surface area contributed by atoms with E-state index in [0.717, 1.165) is 44.5 Å². The average molecular weight is 721 g/mol. The molecule has 0 N–H and O–H groups in total. The summed E-state index contributed by atoms with van der Waals surface area (Å²) in [6, 6.07) is 59.7. The first-order valence-electron chi connectivity index (χ1n) is 18.3. The largest absolute Gasteiger partial charge is 0.264 e. The molecule has 258 valence electrons. The number of fused-ring (bicyclic) bond motifs is 8. The van der Waals surface area contributed by atoms with Gasteiger partial charge in [-0.1, -0.05) is 176 Å². The highest BCUT2D eigenvalue weighted by atomic mass is 32.2. The van der Waals surface area contributed by atoms with Gasteiger partial charge in [-0.05, 0) is 73.5 Å². The number of benzene rings is 7. The summed E-state index contributed by atoms with van der Waals surface area (Å²) in [6.45, 7) is 0. The van der Waals surface area contributed by atoms with Crippen LogP contribution in [0.15, 0.2) is 192 Å². The lowest BCUT2D eigenvalue weighted by Gasteiger charge is -2.17. The zero-order chi connectivity index (χ0) is 36.6. The molecule has 7 aromatic carbocycles. The van der Waals surface area contributed by atoms with E-state index in [1.165, 1.54) is 37.3 Å². The van der Waals surface area contributed by atoms with Gasteiger partial charge in [0.05, 0.1) is 0 Å². The average Bonchev–Trinajstić information content (AvgIpc) is 3.28. The van der Waals surface area contributed by atoms with E-state index in [9.17, 15) is 0 Å². The molecular weight excluding hydrogens is 689 g/mol. The van der Waals surface area contributed by atoms with Crippen molar-refractivity contribution < 1.29 is 0 Å². The highest BCUT2D eigenvalue weighted by molar-refractivity contribution is 7.99. The van der Waals surface area contributed by atoms with Crippen molar-refractivity contribution >= 4 is 34.7 Å². The number of rotatable bonds is 4. The summed E-state index contributed by atoms with van der Waals surface area (Å²) in [5.74, 6) is 1.86. The van der Waals surface area contributed by atoms with E-state index < -0.39 is 0 Å². The first kappa shape index (κ1) is 32.7. The lowest BCUT2D eigenvalue weighted by Crippen LogP contribution is -2.00. The molecule has 10 rings (SSSR count). The molecule has 2 aromatic heterocycles. The molecular formula is C50H32N4S. The van der Waals surface area contributed by atoms with Crippen LogP contribution in [0.2, 0.25) is 0 Å². The minimum atomic E-state index is 0.618. The van der Waals surface area contributed by atoms with Gasteiger partial charge in [-0.2, -0.15) is 0 Å². The van der Waals surface area contributed by atoms with Crippen LogP contribution in [0.1, 0.15) is 11.1 Å². The molecule has 55 heavy (non-hydrogen) atoms. The van der Waals surface area contributed by atoms with Crippen molar-refractivity contribution in [3.8, 4) is 67.5 Å². The van der Waals surface area contributed by atoms with Crippen molar-refractivity contribution in [1.29, 1.82) is 0 Å². The van der Waals surface area contributed by atoms with Crippen molar-refractivity contribution in [1.82, 2.24) is 19.9 Å². The number of pyridine rings is 1. The summed E-state index contributed by atoms with van der Waals surface area (Å²) in [6.07, 6.45) is 8.15. The molecule has 0 spiro atoms. The molecule has 1 aliphatic heterocycles. The fourth-order valence-electron chi connectivity index (χ4n) is 7.29. The van der Waals surface area contributed by atoms with E-state index in [2.05, 4.69) is 151 Å². The number of aromatic nitrogens is 4. The third-order valence-corrected chi connectivity index (χ3v) is 11.3. The molecule has 4 nitrogen and oxygen atoms in total. The van der Waals surface area contributed by atoms with Gasteiger partial charge >= 0.3 is 0 Å². The fourth-order valence-corrected chi connectivity index (χ4v) is 8.53. The predicted octanol–water partition coefficient (Wildman–Crippen LogP) is 13.1. The molecule has 0 fully saturated rings. The molecule has 0 bridgehead atoms. The van der Waals surface area contributed by atoms with Gasteiger partial charge in [0.2, 0.25) is 0 Å². The second kappa shape index (κ2) is 14.1. The molecule has 0 saturated carbocycles. The Balaban J connectivity index is 1.18. The highest BCUT2D eigenvalue weighted by Gasteiger charge is 2.20. The zero-order valence-corrected chi connectivity index (χ0v) is 30.5. The van der Waals surface area contributed by atoms with Gasteiger partial charge < -0.3 is 0 Å². The van der Waals surface area contributed by atoms with Crippen molar-refractivity contribution in [2.24, 2.45) is 0 Å². The van der Waals surface area contributed by atoms with Crippen LogP contribution in [0.5, 0.6) is 0 Å². The van der Waals surface area contributed by atoms with Crippen LogP contribution in [0, 0.1) is 0 Å². The van der Waals surface area contributed by atoms with Crippen LogP contribution in [0.25, 0.3) is 90.5 Å². The normalized spacial score (nSPS) is 11.9. The minimum Gasteiger partial charge on any atom is -0.264 e. The SMILES string of the molecule is C1=Cc2ccc(-c3nc(-c4ccccc4)nc(-c4ccc(-c5cccnc5)cc4)n3)cc2-c2ccc3ccccc3c2Sc2ccccc2-c2ccccc21. The zero-order valence-electron chi connectivity index (χ0n) is 29.7. The number of hydrogen-bond acceptors (Lipinski definition) is 5. The molecule has 0 atom stereocenters. The Kier molecular flexibility index (Phi) is 8.39. The Bertz CT molecular complexity index is 2890. The monoisotopic (exact) mass is 720 g/mol. The predicted molar refractivity (Wildman–Crippen MR) is 227 cm³/mol. The summed E-state index contributed by atoms with van der Waals surface area (Å²) < 4.78 is 0. The maximum absolute atomic E-state index is 5.15. The Morgan fingerprint density at radius 1 is 0.382 bits per heavy atom. The molecule has 1 aliphatic rings. The Labute approximate surface area is 324 Å². The summed E-state index contributed by atoms with van der Waals surface area (Å²) in [7, 11) is 0. The van der Waals surface area contributed by atoms with Crippen LogP contribution in [-0.2, 0) is 0 Å². The molecule has 0 aliphatic carbocycles. The molecule has 0 radical (unpaired) electrons. The van der Waals surface area contributed by atoms with E-state index in [1.807, 2.05) is 54.4 Å². The second-order valence-corrected chi connectivity index (χ2v) is 14.5. The topological polar surface area (TPSA) is 51.6 Å². The fraction of sp³-hybridized carbons (Fsp3) is 0. The van der Waals surface area contributed by atoms with E-state index in [1.54, 1.807) is 6.20 Å².